The first-order valence-corrected chi connectivity index (χ1v) is 7.97. The number of rotatable bonds is 5. The van der Waals surface area contributed by atoms with Gasteiger partial charge in [-0.15, -0.1) is 0 Å². The van der Waals surface area contributed by atoms with Crippen LogP contribution in [0.1, 0.15) is 30.1 Å². The Morgan fingerprint density at radius 1 is 1.38 bits per heavy atom. The minimum Gasteiger partial charge on any atom is -0.497 e. The molecule has 2 N–H and O–H groups in total. The number of nitrogens with one attached hydrogen (secondary N) is 2. The number of nitrogens with zero attached hydrogens (tertiary/aromatic N) is 2. The molecule has 0 radical (unpaired) electrons. The Kier molecular flexibility index (Phi) is 4.88. The van der Waals surface area contributed by atoms with E-state index in [0.29, 0.717) is 6.54 Å². The maximum absolute atomic E-state index is 12.6. The van der Waals surface area contributed by atoms with Crippen LogP contribution in [-0.2, 0) is 6.54 Å². The lowest BCUT2D eigenvalue weighted by atomic mass is 10.0. The van der Waals surface area contributed by atoms with Crippen LogP contribution in [-0.4, -0.2) is 41.9 Å². The van der Waals surface area contributed by atoms with E-state index in [-0.39, 0.29) is 12.1 Å². The number of hydrogen-bond acceptors (Lipinski definition) is 4. The van der Waals surface area contributed by atoms with Gasteiger partial charge in [-0.2, -0.15) is 5.10 Å². The largest absolute Gasteiger partial charge is 0.497 e. The quantitative estimate of drug-likeness (QED) is 0.883. The molecule has 0 spiro atoms. The Balaban J connectivity index is 1.76. The summed E-state index contributed by atoms with van der Waals surface area (Å²) in [5.41, 5.74) is 1.85. The third-order valence-electron chi connectivity index (χ3n) is 4.30. The second-order valence-corrected chi connectivity index (χ2v) is 5.70. The molecule has 0 aliphatic carbocycles. The number of likely N-dealkylation sites (tertiary alicyclic amines) is 1. The van der Waals surface area contributed by atoms with Crippen molar-refractivity contribution in [2.75, 3.05) is 20.8 Å². The molecule has 1 fully saturated rings. The summed E-state index contributed by atoms with van der Waals surface area (Å²) in [6, 6.07) is 7.43. The van der Waals surface area contributed by atoms with Gasteiger partial charge in [0.2, 0.25) is 0 Å². The number of hydrogen-bond donors (Lipinski definition) is 2. The molecule has 2 heterocycles. The molecule has 2 amide bonds. The van der Waals surface area contributed by atoms with Crippen LogP contribution < -0.4 is 14.8 Å². The predicted octanol–water partition coefficient (Wildman–Crippen LogP) is 2.47. The van der Waals surface area contributed by atoms with Crippen LogP contribution in [0, 0.1) is 0 Å². The number of carbonyl (C=O) groups is 1. The number of urea groups is 1. The van der Waals surface area contributed by atoms with Crippen molar-refractivity contribution in [1.82, 2.24) is 20.4 Å². The number of H-pyrrole nitrogens is 1. The average Bonchev–Trinajstić information content (AvgIpc) is 3.30. The van der Waals surface area contributed by atoms with Gasteiger partial charge in [0.15, 0.2) is 0 Å². The van der Waals surface area contributed by atoms with Crippen molar-refractivity contribution < 1.29 is 14.3 Å². The lowest BCUT2D eigenvalue weighted by Crippen LogP contribution is -2.39. The van der Waals surface area contributed by atoms with Crippen LogP contribution in [0.3, 0.4) is 0 Å². The Morgan fingerprint density at radius 2 is 2.25 bits per heavy atom. The number of benzene rings is 1. The second kappa shape index (κ2) is 7.25. The number of aromatic amines is 1. The van der Waals surface area contributed by atoms with Crippen molar-refractivity contribution in [1.29, 1.82) is 0 Å². The fraction of sp³-hybridized carbons (Fsp3) is 0.412. The van der Waals surface area contributed by atoms with Crippen molar-refractivity contribution in [3.05, 3.63) is 41.7 Å². The second-order valence-electron chi connectivity index (χ2n) is 5.70. The van der Waals surface area contributed by atoms with E-state index < -0.39 is 0 Å². The highest BCUT2D eigenvalue weighted by Gasteiger charge is 2.32. The van der Waals surface area contributed by atoms with Crippen molar-refractivity contribution in [2.45, 2.75) is 25.4 Å². The third-order valence-corrected chi connectivity index (χ3v) is 4.30. The van der Waals surface area contributed by atoms with Gasteiger partial charge in [-0.1, -0.05) is 0 Å². The third kappa shape index (κ3) is 3.29. The summed E-state index contributed by atoms with van der Waals surface area (Å²) in [6.07, 6.45) is 3.53. The zero-order valence-corrected chi connectivity index (χ0v) is 13.9. The van der Waals surface area contributed by atoms with Crippen molar-refractivity contribution in [3.8, 4) is 11.5 Å². The van der Waals surface area contributed by atoms with Gasteiger partial charge in [0.05, 0.1) is 32.5 Å². The van der Waals surface area contributed by atoms with Gasteiger partial charge >= 0.3 is 6.03 Å². The van der Waals surface area contributed by atoms with Gasteiger partial charge in [-0.05, 0) is 37.1 Å². The fourth-order valence-electron chi connectivity index (χ4n) is 3.09. The molecule has 0 saturated carbocycles. The van der Waals surface area contributed by atoms with Crippen molar-refractivity contribution in [2.24, 2.45) is 0 Å². The smallest absolute Gasteiger partial charge is 0.318 e. The van der Waals surface area contributed by atoms with E-state index in [1.165, 1.54) is 0 Å². The molecule has 1 aliphatic rings. The van der Waals surface area contributed by atoms with E-state index in [1.807, 2.05) is 29.2 Å². The Morgan fingerprint density at radius 3 is 2.96 bits per heavy atom. The minimum absolute atomic E-state index is 0.0168. The van der Waals surface area contributed by atoms with Gasteiger partial charge in [-0.3, -0.25) is 5.10 Å². The Bertz CT molecular complexity index is 687. The summed E-state index contributed by atoms with van der Waals surface area (Å²) in [4.78, 5) is 14.4. The van der Waals surface area contributed by atoms with Crippen LogP contribution in [0.2, 0.25) is 0 Å². The van der Waals surface area contributed by atoms with Crippen LogP contribution in [0.25, 0.3) is 0 Å². The molecular weight excluding hydrogens is 308 g/mol. The molecule has 0 unspecified atom stereocenters. The lowest BCUT2D eigenvalue weighted by Gasteiger charge is -2.26. The number of amides is 2. The molecule has 1 aliphatic heterocycles. The van der Waals surface area contributed by atoms with Gasteiger partial charge < -0.3 is 19.7 Å². The minimum atomic E-state index is -0.0861. The molecule has 1 aromatic carbocycles. The molecule has 1 aromatic heterocycles. The Labute approximate surface area is 140 Å². The molecule has 0 bridgehead atoms. The maximum atomic E-state index is 12.6. The van der Waals surface area contributed by atoms with Gasteiger partial charge in [0.1, 0.15) is 11.5 Å². The highest BCUT2D eigenvalue weighted by atomic mass is 16.5. The van der Waals surface area contributed by atoms with Crippen molar-refractivity contribution in [3.63, 3.8) is 0 Å². The van der Waals surface area contributed by atoms with Crippen molar-refractivity contribution >= 4 is 6.03 Å². The summed E-state index contributed by atoms with van der Waals surface area (Å²) in [5.74, 6) is 1.53. The summed E-state index contributed by atoms with van der Waals surface area (Å²) >= 11 is 0. The first-order chi connectivity index (χ1) is 11.7. The SMILES string of the molecule is COc1ccc(OC)c([C@@H]2CCCN2C(=O)NCc2ccn[nH]2)c1. The number of carbonyl (C=O) groups excluding carboxylic acids is 1. The summed E-state index contributed by atoms with van der Waals surface area (Å²) in [5, 5.41) is 9.66. The van der Waals surface area contributed by atoms with E-state index in [2.05, 4.69) is 15.5 Å². The molecule has 24 heavy (non-hydrogen) atoms. The molecule has 1 saturated heterocycles. The first kappa shape index (κ1) is 16.2. The molecule has 7 heteroatoms. The monoisotopic (exact) mass is 330 g/mol. The van der Waals surface area contributed by atoms with Gasteiger partial charge in [0.25, 0.3) is 0 Å². The predicted molar refractivity (Wildman–Crippen MR) is 89.1 cm³/mol. The lowest BCUT2D eigenvalue weighted by molar-refractivity contribution is 0.191. The topological polar surface area (TPSA) is 79.5 Å². The number of aromatic nitrogens is 2. The van der Waals surface area contributed by atoms with Gasteiger partial charge in [0, 0.05) is 18.3 Å². The summed E-state index contributed by atoms with van der Waals surface area (Å²) in [6.45, 7) is 1.15. The normalized spacial score (nSPS) is 16.9. The molecular formula is C17H22N4O3. The van der Waals surface area contributed by atoms with Gasteiger partial charge in [-0.25, -0.2) is 4.79 Å². The molecule has 3 rings (SSSR count). The van der Waals surface area contributed by atoms with Crippen LogP contribution >= 0.6 is 0 Å². The maximum Gasteiger partial charge on any atom is 0.318 e. The zero-order chi connectivity index (χ0) is 16.9. The van der Waals surface area contributed by atoms with E-state index in [1.54, 1.807) is 20.4 Å². The highest BCUT2D eigenvalue weighted by molar-refractivity contribution is 5.75. The van der Waals surface area contributed by atoms with Crippen LogP contribution in [0.15, 0.2) is 30.5 Å². The molecule has 128 valence electrons. The molecule has 2 aromatic rings. The average molecular weight is 330 g/mol. The standard InChI is InChI=1S/C17H22N4O3/c1-23-13-5-6-16(24-2)14(10-13)15-4-3-9-21(15)17(22)18-11-12-7-8-19-20-12/h5-8,10,15H,3-4,9,11H2,1-2H3,(H,18,22)(H,19,20)/t15-/m0/s1. The fourth-order valence-corrected chi connectivity index (χ4v) is 3.09. The summed E-state index contributed by atoms with van der Waals surface area (Å²) in [7, 11) is 3.28. The first-order valence-electron chi connectivity index (χ1n) is 7.97. The number of methoxy groups -OCH3 is 2. The number of ether oxygens (including phenoxy) is 2. The molecule has 7 nitrogen and oxygen atoms in total. The van der Waals surface area contributed by atoms with Crippen LogP contribution in [0.4, 0.5) is 4.79 Å². The zero-order valence-electron chi connectivity index (χ0n) is 13.9. The Hall–Kier alpha value is -2.70. The van der Waals surface area contributed by atoms with E-state index >= 15 is 0 Å². The van der Waals surface area contributed by atoms with Crippen LogP contribution in [0.5, 0.6) is 11.5 Å². The molecule has 1 atom stereocenters. The highest BCUT2D eigenvalue weighted by Crippen LogP contribution is 2.38. The van der Waals surface area contributed by atoms with E-state index in [0.717, 1.165) is 42.1 Å². The van der Waals surface area contributed by atoms with E-state index in [9.17, 15) is 4.79 Å². The van der Waals surface area contributed by atoms with E-state index in [4.69, 9.17) is 9.47 Å². The summed E-state index contributed by atoms with van der Waals surface area (Å²) < 4.78 is 10.8.